The average Bonchev–Trinajstić information content (AvgIpc) is 3.41. The van der Waals surface area contributed by atoms with Gasteiger partial charge in [-0.05, 0) is 149 Å². The lowest BCUT2D eigenvalue weighted by atomic mass is 9.33. The van der Waals surface area contributed by atoms with Crippen LogP contribution in [-0.4, -0.2) is 6.71 Å². The molecule has 0 aromatic heterocycles. The van der Waals surface area contributed by atoms with Crippen molar-refractivity contribution in [1.82, 2.24) is 0 Å². The maximum absolute atomic E-state index is 2.60. The van der Waals surface area contributed by atoms with Gasteiger partial charge in [-0.2, -0.15) is 0 Å². The standard InChI is InChI=1S/C69H59BN2/c1-46-40-65-67-66(41-46)72(62-37-31-52(48-22-14-9-15-23-48)42-57(62)55-30-36-58(68(2,3)4)59(43-55)69(5,6)7)64-39-33-54(50-26-18-11-19-27-50)45-61(64)70(67)60-44-53(49-24-16-10-17-25-49)32-38-63(60)71(65)56-34-28-51(29-35-56)47-20-12-8-13-21-47/h8-45H,1-7H3. The SMILES string of the molecule is Cc1cc2c3c(c1)N(c1ccc(-c4ccccc4)cc1-c1ccc(C(C)(C)C)c(C(C)(C)C)c1)c1ccc(-c4ccccc4)cc1B3c1cc(-c3ccccc3)ccc1N2c1ccc(-c2ccccc2)cc1. The summed E-state index contributed by atoms with van der Waals surface area (Å²) in [5.41, 5.74) is 26.9. The summed E-state index contributed by atoms with van der Waals surface area (Å²) in [6.45, 7) is 16.3. The second-order valence-electron chi connectivity index (χ2n) is 21.9. The minimum atomic E-state index is -0.0705. The van der Waals surface area contributed by atoms with E-state index >= 15 is 0 Å². The quantitative estimate of drug-likeness (QED) is 0.147. The van der Waals surface area contributed by atoms with Gasteiger partial charge in [-0.1, -0.05) is 224 Å². The molecule has 2 heterocycles. The van der Waals surface area contributed by atoms with E-state index in [4.69, 9.17) is 0 Å². The maximum Gasteiger partial charge on any atom is 0.252 e. The third-order valence-electron chi connectivity index (χ3n) is 14.9. The first-order valence-electron chi connectivity index (χ1n) is 25.5. The minimum Gasteiger partial charge on any atom is -0.311 e. The van der Waals surface area contributed by atoms with Gasteiger partial charge in [-0.25, -0.2) is 0 Å². The van der Waals surface area contributed by atoms with Crippen LogP contribution in [0.2, 0.25) is 0 Å². The van der Waals surface area contributed by atoms with Gasteiger partial charge in [-0.3, -0.25) is 0 Å². The molecule has 0 aliphatic carbocycles. The fourth-order valence-electron chi connectivity index (χ4n) is 11.5. The fourth-order valence-corrected chi connectivity index (χ4v) is 11.5. The molecular formula is C69H59BN2. The van der Waals surface area contributed by atoms with E-state index in [1.807, 2.05) is 0 Å². The Morgan fingerprint density at radius 2 is 0.694 bits per heavy atom. The van der Waals surface area contributed by atoms with E-state index in [2.05, 4.69) is 289 Å². The van der Waals surface area contributed by atoms with Crippen LogP contribution in [0.25, 0.3) is 55.6 Å². The molecule has 348 valence electrons. The molecule has 2 aliphatic heterocycles. The van der Waals surface area contributed by atoms with Crippen molar-refractivity contribution in [1.29, 1.82) is 0 Å². The summed E-state index contributed by atoms with van der Waals surface area (Å²) in [5, 5.41) is 0. The molecule has 12 rings (SSSR count). The van der Waals surface area contributed by atoms with Crippen molar-refractivity contribution in [3.8, 4) is 55.6 Å². The summed E-state index contributed by atoms with van der Waals surface area (Å²) >= 11 is 0. The number of nitrogens with zero attached hydrogens (tertiary/aromatic N) is 2. The van der Waals surface area contributed by atoms with E-state index in [0.717, 1.165) is 11.4 Å². The largest absolute Gasteiger partial charge is 0.311 e. The molecule has 0 fully saturated rings. The molecule has 2 nitrogen and oxygen atoms in total. The first-order valence-corrected chi connectivity index (χ1v) is 25.5. The van der Waals surface area contributed by atoms with Gasteiger partial charge in [0.15, 0.2) is 0 Å². The molecule has 0 saturated carbocycles. The van der Waals surface area contributed by atoms with E-state index in [0.29, 0.717) is 0 Å². The van der Waals surface area contributed by atoms with E-state index in [1.165, 1.54) is 111 Å². The Morgan fingerprint density at radius 3 is 1.18 bits per heavy atom. The van der Waals surface area contributed by atoms with Gasteiger partial charge in [0.2, 0.25) is 0 Å². The van der Waals surface area contributed by atoms with Gasteiger partial charge in [-0.15, -0.1) is 0 Å². The fraction of sp³-hybridized carbons (Fsp3) is 0.130. The van der Waals surface area contributed by atoms with Crippen LogP contribution in [0, 0.1) is 6.92 Å². The van der Waals surface area contributed by atoms with Crippen molar-refractivity contribution in [2.75, 3.05) is 9.80 Å². The van der Waals surface area contributed by atoms with Crippen LogP contribution in [0.5, 0.6) is 0 Å². The molecule has 10 aromatic rings. The second-order valence-corrected chi connectivity index (χ2v) is 21.9. The van der Waals surface area contributed by atoms with Gasteiger partial charge in [0, 0.05) is 34.0 Å². The predicted molar refractivity (Wildman–Crippen MR) is 310 cm³/mol. The Bertz CT molecular complexity index is 3640. The van der Waals surface area contributed by atoms with Crippen molar-refractivity contribution in [2.24, 2.45) is 0 Å². The van der Waals surface area contributed by atoms with Crippen molar-refractivity contribution in [2.45, 2.75) is 59.3 Å². The zero-order valence-electron chi connectivity index (χ0n) is 42.4. The van der Waals surface area contributed by atoms with Crippen LogP contribution in [0.4, 0.5) is 34.1 Å². The zero-order valence-corrected chi connectivity index (χ0v) is 42.4. The Balaban J connectivity index is 1.16. The predicted octanol–water partition coefficient (Wildman–Crippen LogP) is 17.0. The van der Waals surface area contributed by atoms with E-state index < -0.39 is 0 Å². The topological polar surface area (TPSA) is 6.48 Å². The molecule has 10 aromatic carbocycles. The maximum atomic E-state index is 2.60. The van der Waals surface area contributed by atoms with Crippen molar-refractivity contribution in [3.63, 3.8) is 0 Å². The highest BCUT2D eigenvalue weighted by atomic mass is 15.2. The number of anilines is 6. The summed E-state index contributed by atoms with van der Waals surface area (Å²) in [6, 6.07) is 86.2. The van der Waals surface area contributed by atoms with Crippen LogP contribution in [0.3, 0.4) is 0 Å². The van der Waals surface area contributed by atoms with Gasteiger partial charge in [0.05, 0.1) is 5.69 Å². The number of rotatable bonds is 7. The lowest BCUT2D eigenvalue weighted by Gasteiger charge is -2.45. The van der Waals surface area contributed by atoms with Crippen LogP contribution in [-0.2, 0) is 10.8 Å². The van der Waals surface area contributed by atoms with Crippen LogP contribution in [0.15, 0.2) is 231 Å². The molecule has 72 heavy (non-hydrogen) atoms. The number of hydrogen-bond donors (Lipinski definition) is 0. The highest BCUT2D eigenvalue weighted by Crippen LogP contribution is 2.49. The van der Waals surface area contributed by atoms with Gasteiger partial charge in [0.25, 0.3) is 6.71 Å². The normalized spacial score (nSPS) is 12.8. The number of aryl methyl sites for hydroxylation is 1. The van der Waals surface area contributed by atoms with E-state index in [1.54, 1.807) is 0 Å². The van der Waals surface area contributed by atoms with Crippen molar-refractivity contribution < 1.29 is 0 Å². The lowest BCUT2D eigenvalue weighted by Crippen LogP contribution is -2.61. The molecule has 0 saturated heterocycles. The molecule has 0 amide bonds. The Labute approximate surface area is 427 Å². The highest BCUT2D eigenvalue weighted by Gasteiger charge is 2.44. The average molecular weight is 927 g/mol. The molecule has 0 unspecified atom stereocenters. The second kappa shape index (κ2) is 17.6. The summed E-state index contributed by atoms with van der Waals surface area (Å²) in [7, 11) is 0. The van der Waals surface area contributed by atoms with E-state index in [-0.39, 0.29) is 17.5 Å². The third-order valence-corrected chi connectivity index (χ3v) is 14.9. The van der Waals surface area contributed by atoms with Crippen molar-refractivity contribution in [3.05, 3.63) is 247 Å². The Morgan fingerprint density at radius 1 is 0.306 bits per heavy atom. The smallest absolute Gasteiger partial charge is 0.252 e. The van der Waals surface area contributed by atoms with Crippen molar-refractivity contribution >= 4 is 57.2 Å². The van der Waals surface area contributed by atoms with Crippen LogP contribution in [0.1, 0.15) is 58.2 Å². The Kier molecular flexibility index (Phi) is 11.0. The minimum absolute atomic E-state index is 0.0157. The molecule has 3 heteroatoms. The van der Waals surface area contributed by atoms with Gasteiger partial charge < -0.3 is 9.80 Å². The number of hydrogen-bond acceptors (Lipinski definition) is 2. The van der Waals surface area contributed by atoms with E-state index in [9.17, 15) is 0 Å². The molecule has 0 radical (unpaired) electrons. The molecule has 0 N–H and O–H groups in total. The van der Waals surface area contributed by atoms with Gasteiger partial charge in [0.1, 0.15) is 0 Å². The van der Waals surface area contributed by atoms with Gasteiger partial charge >= 0.3 is 0 Å². The summed E-state index contributed by atoms with van der Waals surface area (Å²) in [5.74, 6) is 0. The molecular weight excluding hydrogens is 868 g/mol. The molecule has 0 spiro atoms. The lowest BCUT2D eigenvalue weighted by molar-refractivity contribution is 0.530. The van der Waals surface area contributed by atoms with Crippen LogP contribution < -0.4 is 26.2 Å². The highest BCUT2D eigenvalue weighted by molar-refractivity contribution is 7.00. The Hall–Kier alpha value is -8.14. The monoisotopic (exact) mass is 926 g/mol. The summed E-state index contributed by atoms with van der Waals surface area (Å²) in [6.07, 6.45) is 0. The molecule has 2 aliphatic rings. The first kappa shape index (κ1) is 45.0. The summed E-state index contributed by atoms with van der Waals surface area (Å²) < 4.78 is 0. The number of benzene rings is 10. The molecule has 0 atom stereocenters. The molecule has 0 bridgehead atoms. The first-order chi connectivity index (χ1) is 34.9. The zero-order chi connectivity index (χ0) is 49.3. The number of fused-ring (bicyclic) bond motifs is 4. The summed E-state index contributed by atoms with van der Waals surface area (Å²) in [4.78, 5) is 5.14. The third kappa shape index (κ3) is 7.94. The van der Waals surface area contributed by atoms with Crippen LogP contribution >= 0.6 is 0 Å².